The monoisotopic (exact) mass is 220 g/mol. The minimum absolute atomic E-state index is 0.0129. The standard InChI is InChI=1S/C12H16N2O2/c15-12(16)8-14-11-5-6-13-7-9-3-1-2-4-10(9)11/h1-4,11,13-14H,5-8H2,(H,15,16). The molecule has 2 rings (SSSR count). The molecule has 1 aliphatic rings. The van der Waals surface area contributed by atoms with Gasteiger partial charge in [-0.05, 0) is 24.1 Å². The van der Waals surface area contributed by atoms with Crippen LogP contribution in [0.15, 0.2) is 24.3 Å². The highest BCUT2D eigenvalue weighted by molar-refractivity contribution is 5.69. The van der Waals surface area contributed by atoms with E-state index in [9.17, 15) is 4.79 Å². The van der Waals surface area contributed by atoms with Crippen molar-refractivity contribution in [1.82, 2.24) is 10.6 Å². The molecule has 1 aromatic carbocycles. The summed E-state index contributed by atoms with van der Waals surface area (Å²) in [7, 11) is 0. The number of hydrogen-bond acceptors (Lipinski definition) is 3. The summed E-state index contributed by atoms with van der Waals surface area (Å²) in [5.41, 5.74) is 2.47. The first-order valence-electron chi connectivity index (χ1n) is 5.51. The zero-order chi connectivity index (χ0) is 11.4. The van der Waals surface area contributed by atoms with Crippen LogP contribution in [0.2, 0.25) is 0 Å². The number of carboxylic acids is 1. The van der Waals surface area contributed by atoms with E-state index in [1.165, 1.54) is 11.1 Å². The zero-order valence-electron chi connectivity index (χ0n) is 9.07. The Bertz CT molecular complexity index is 379. The van der Waals surface area contributed by atoms with Crippen molar-refractivity contribution in [1.29, 1.82) is 0 Å². The Kier molecular flexibility index (Phi) is 3.54. The molecule has 0 amide bonds. The van der Waals surface area contributed by atoms with E-state index in [1.54, 1.807) is 0 Å². The van der Waals surface area contributed by atoms with E-state index in [0.717, 1.165) is 19.5 Å². The van der Waals surface area contributed by atoms with E-state index in [-0.39, 0.29) is 12.6 Å². The third kappa shape index (κ3) is 2.59. The van der Waals surface area contributed by atoms with Crippen LogP contribution in [-0.2, 0) is 11.3 Å². The van der Waals surface area contributed by atoms with Crippen LogP contribution in [0.25, 0.3) is 0 Å². The molecule has 4 nitrogen and oxygen atoms in total. The van der Waals surface area contributed by atoms with Crippen molar-refractivity contribution in [3.05, 3.63) is 35.4 Å². The van der Waals surface area contributed by atoms with Gasteiger partial charge in [0.05, 0.1) is 6.54 Å². The highest BCUT2D eigenvalue weighted by Gasteiger charge is 2.17. The maximum atomic E-state index is 10.6. The van der Waals surface area contributed by atoms with E-state index >= 15 is 0 Å². The topological polar surface area (TPSA) is 61.4 Å². The Balaban J connectivity index is 2.15. The molecule has 0 aliphatic carbocycles. The van der Waals surface area contributed by atoms with Crippen molar-refractivity contribution in [2.75, 3.05) is 13.1 Å². The molecule has 1 atom stereocenters. The first-order chi connectivity index (χ1) is 7.77. The molecule has 4 heteroatoms. The minimum atomic E-state index is -0.810. The summed E-state index contributed by atoms with van der Waals surface area (Å²) in [6.45, 7) is 1.78. The zero-order valence-corrected chi connectivity index (χ0v) is 9.07. The lowest BCUT2D eigenvalue weighted by atomic mass is 9.99. The molecule has 86 valence electrons. The van der Waals surface area contributed by atoms with Gasteiger partial charge in [0.2, 0.25) is 0 Å². The number of rotatable bonds is 3. The molecule has 0 spiro atoms. The minimum Gasteiger partial charge on any atom is -0.480 e. The largest absolute Gasteiger partial charge is 0.480 e. The predicted molar refractivity (Wildman–Crippen MR) is 61.1 cm³/mol. The lowest BCUT2D eigenvalue weighted by Gasteiger charge is -2.17. The summed E-state index contributed by atoms with van der Waals surface area (Å²) < 4.78 is 0. The van der Waals surface area contributed by atoms with Gasteiger partial charge >= 0.3 is 5.97 Å². The van der Waals surface area contributed by atoms with E-state index in [4.69, 9.17) is 5.11 Å². The number of aliphatic carboxylic acids is 1. The van der Waals surface area contributed by atoms with E-state index < -0.39 is 5.97 Å². The number of carbonyl (C=O) groups is 1. The highest BCUT2D eigenvalue weighted by Crippen LogP contribution is 2.22. The predicted octanol–water partition coefficient (Wildman–Crippen LogP) is 0.895. The number of hydrogen-bond donors (Lipinski definition) is 3. The summed E-state index contributed by atoms with van der Waals surface area (Å²) in [5, 5.41) is 15.1. The van der Waals surface area contributed by atoms with E-state index in [1.807, 2.05) is 12.1 Å². The Morgan fingerprint density at radius 3 is 3.12 bits per heavy atom. The molecule has 16 heavy (non-hydrogen) atoms. The van der Waals surface area contributed by atoms with Gasteiger partial charge in [-0.15, -0.1) is 0 Å². The van der Waals surface area contributed by atoms with Crippen LogP contribution < -0.4 is 10.6 Å². The van der Waals surface area contributed by atoms with Crippen LogP contribution >= 0.6 is 0 Å². The molecule has 0 saturated heterocycles. The smallest absolute Gasteiger partial charge is 0.317 e. The fraction of sp³-hybridized carbons (Fsp3) is 0.417. The Labute approximate surface area is 94.7 Å². The van der Waals surface area contributed by atoms with Crippen molar-refractivity contribution in [3.8, 4) is 0 Å². The molecule has 1 heterocycles. The molecule has 1 unspecified atom stereocenters. The third-order valence-electron chi connectivity index (χ3n) is 2.86. The number of nitrogens with one attached hydrogen (secondary N) is 2. The second kappa shape index (κ2) is 5.09. The lowest BCUT2D eigenvalue weighted by Crippen LogP contribution is -2.28. The first kappa shape index (κ1) is 11.1. The van der Waals surface area contributed by atoms with Crippen molar-refractivity contribution in [2.45, 2.75) is 19.0 Å². The first-order valence-corrected chi connectivity index (χ1v) is 5.51. The molecular weight excluding hydrogens is 204 g/mol. The quantitative estimate of drug-likeness (QED) is 0.708. The van der Waals surface area contributed by atoms with Crippen molar-refractivity contribution >= 4 is 5.97 Å². The molecule has 0 saturated carbocycles. The highest BCUT2D eigenvalue weighted by atomic mass is 16.4. The summed E-state index contributed by atoms with van der Waals surface area (Å²) in [6, 6.07) is 8.31. The third-order valence-corrected chi connectivity index (χ3v) is 2.86. The van der Waals surface area contributed by atoms with Gasteiger partial charge in [-0.3, -0.25) is 10.1 Å². The van der Waals surface area contributed by atoms with Gasteiger partial charge in [0.1, 0.15) is 0 Å². The average Bonchev–Trinajstić information content (AvgIpc) is 2.48. The average molecular weight is 220 g/mol. The molecule has 1 aliphatic heterocycles. The van der Waals surface area contributed by atoms with Crippen LogP contribution in [0.3, 0.4) is 0 Å². The van der Waals surface area contributed by atoms with Crippen molar-refractivity contribution in [2.24, 2.45) is 0 Å². The molecule has 0 fully saturated rings. The Hall–Kier alpha value is -1.39. The maximum Gasteiger partial charge on any atom is 0.317 e. The lowest BCUT2D eigenvalue weighted by molar-refractivity contribution is -0.136. The second-order valence-corrected chi connectivity index (χ2v) is 3.99. The van der Waals surface area contributed by atoms with E-state index in [2.05, 4.69) is 22.8 Å². The number of carboxylic acid groups (broad SMARTS) is 1. The van der Waals surface area contributed by atoms with Gasteiger partial charge in [0, 0.05) is 12.6 Å². The SMILES string of the molecule is O=C(O)CNC1CCNCc2ccccc21. The van der Waals surface area contributed by atoms with Crippen LogP contribution in [-0.4, -0.2) is 24.2 Å². The van der Waals surface area contributed by atoms with Gasteiger partial charge in [-0.1, -0.05) is 24.3 Å². The molecular formula is C12H16N2O2. The molecule has 3 N–H and O–H groups in total. The number of fused-ring (bicyclic) bond motifs is 1. The van der Waals surface area contributed by atoms with Gasteiger partial charge in [-0.2, -0.15) is 0 Å². The van der Waals surface area contributed by atoms with Crippen LogP contribution in [0.1, 0.15) is 23.6 Å². The second-order valence-electron chi connectivity index (χ2n) is 3.99. The number of benzene rings is 1. The molecule has 0 bridgehead atoms. The summed E-state index contributed by atoms with van der Waals surface area (Å²) in [5.74, 6) is -0.810. The molecule has 0 radical (unpaired) electrons. The molecule has 0 aromatic heterocycles. The van der Waals surface area contributed by atoms with Gasteiger partial charge in [0.25, 0.3) is 0 Å². The van der Waals surface area contributed by atoms with Crippen molar-refractivity contribution in [3.63, 3.8) is 0 Å². The van der Waals surface area contributed by atoms with Gasteiger partial charge in [-0.25, -0.2) is 0 Å². The van der Waals surface area contributed by atoms with Gasteiger partial charge in [0.15, 0.2) is 0 Å². The summed E-state index contributed by atoms with van der Waals surface area (Å²) in [4.78, 5) is 10.6. The fourth-order valence-electron chi connectivity index (χ4n) is 2.08. The summed E-state index contributed by atoms with van der Waals surface area (Å²) >= 11 is 0. The van der Waals surface area contributed by atoms with Crippen LogP contribution in [0.4, 0.5) is 0 Å². The maximum absolute atomic E-state index is 10.6. The Morgan fingerprint density at radius 2 is 2.31 bits per heavy atom. The Morgan fingerprint density at radius 1 is 1.50 bits per heavy atom. The molecule has 1 aromatic rings. The fourth-order valence-corrected chi connectivity index (χ4v) is 2.08. The van der Waals surface area contributed by atoms with Crippen molar-refractivity contribution < 1.29 is 9.90 Å². The van der Waals surface area contributed by atoms with Gasteiger partial charge < -0.3 is 10.4 Å². The van der Waals surface area contributed by atoms with E-state index in [0.29, 0.717) is 0 Å². The normalized spacial score (nSPS) is 19.9. The van der Waals surface area contributed by atoms with Crippen LogP contribution in [0.5, 0.6) is 0 Å². The van der Waals surface area contributed by atoms with Crippen LogP contribution in [0, 0.1) is 0 Å². The summed E-state index contributed by atoms with van der Waals surface area (Å²) in [6.07, 6.45) is 0.921.